The summed E-state index contributed by atoms with van der Waals surface area (Å²) in [6.45, 7) is 3.15. The van der Waals surface area contributed by atoms with Crippen molar-refractivity contribution >= 4 is 10.9 Å². The summed E-state index contributed by atoms with van der Waals surface area (Å²) in [5.74, 6) is 0.402. The maximum Gasteiger partial charge on any atom is 0.0888 e. The van der Waals surface area contributed by atoms with Crippen LogP contribution in [0.25, 0.3) is 22.2 Å². The Morgan fingerprint density at radius 2 is 1.90 bits per heavy atom. The average Bonchev–Trinajstić information content (AvgIpc) is 3.27. The van der Waals surface area contributed by atoms with Crippen molar-refractivity contribution in [2.75, 3.05) is 13.1 Å². The van der Waals surface area contributed by atoms with Crippen LogP contribution in [-0.4, -0.2) is 38.0 Å². The Bertz CT molecular complexity index is 1140. The molecule has 0 bridgehead atoms. The van der Waals surface area contributed by atoms with Gasteiger partial charge >= 0.3 is 0 Å². The molecular formula is C25H26N4O. The van der Waals surface area contributed by atoms with E-state index in [9.17, 15) is 5.11 Å². The van der Waals surface area contributed by atoms with Gasteiger partial charge < -0.3 is 10.1 Å². The topological polar surface area (TPSA) is 65.0 Å². The van der Waals surface area contributed by atoms with E-state index in [1.54, 1.807) is 0 Å². The van der Waals surface area contributed by atoms with E-state index in [0.717, 1.165) is 48.6 Å². The van der Waals surface area contributed by atoms with E-state index < -0.39 is 0 Å². The average molecular weight is 399 g/mol. The lowest BCUT2D eigenvalue weighted by Crippen LogP contribution is -2.34. The summed E-state index contributed by atoms with van der Waals surface area (Å²) in [6, 6.07) is 16.7. The molecule has 1 saturated heterocycles. The molecule has 1 aliphatic rings. The molecule has 2 aromatic carbocycles. The van der Waals surface area contributed by atoms with Crippen molar-refractivity contribution in [2.24, 2.45) is 0 Å². The molecule has 1 fully saturated rings. The summed E-state index contributed by atoms with van der Waals surface area (Å²) in [7, 11) is 0. The van der Waals surface area contributed by atoms with Crippen LogP contribution in [0.1, 0.15) is 35.6 Å². The van der Waals surface area contributed by atoms with Crippen LogP contribution >= 0.6 is 0 Å². The van der Waals surface area contributed by atoms with Crippen LogP contribution in [-0.2, 0) is 13.2 Å². The molecule has 0 saturated carbocycles. The monoisotopic (exact) mass is 398 g/mol. The van der Waals surface area contributed by atoms with E-state index in [1.165, 1.54) is 22.9 Å². The van der Waals surface area contributed by atoms with Crippen LogP contribution in [0.2, 0.25) is 0 Å². The second-order valence-electron chi connectivity index (χ2n) is 8.16. The molecule has 2 N–H and O–H groups in total. The standard InChI is InChI=1S/C25H26N4O/c30-17-18-3-6-20(7-4-18)24-13-26-14-25(28-24)22-2-1-11-29(16-22)15-19-5-8-23-21(12-19)9-10-27-23/h3-10,12-14,22,27,30H,1-2,11,15-17H2/t22-/m0/s1. The Balaban J connectivity index is 1.31. The third-order valence-electron chi connectivity index (χ3n) is 6.03. The van der Waals surface area contributed by atoms with Gasteiger partial charge in [0, 0.05) is 42.5 Å². The van der Waals surface area contributed by atoms with E-state index in [4.69, 9.17) is 4.98 Å². The first kappa shape index (κ1) is 19.0. The number of benzene rings is 2. The second kappa shape index (κ2) is 8.38. The molecule has 0 unspecified atom stereocenters. The lowest BCUT2D eigenvalue weighted by molar-refractivity contribution is 0.198. The minimum Gasteiger partial charge on any atom is -0.392 e. The Hall–Kier alpha value is -3.02. The highest BCUT2D eigenvalue weighted by atomic mass is 16.3. The Morgan fingerprint density at radius 1 is 1.03 bits per heavy atom. The molecule has 1 atom stereocenters. The molecular weight excluding hydrogens is 372 g/mol. The minimum atomic E-state index is 0.0565. The van der Waals surface area contributed by atoms with Crippen molar-refractivity contribution < 1.29 is 5.11 Å². The van der Waals surface area contributed by atoms with Gasteiger partial charge in [-0.05, 0) is 54.1 Å². The fraction of sp³-hybridized carbons (Fsp3) is 0.280. The molecule has 2 aromatic heterocycles. The zero-order valence-corrected chi connectivity index (χ0v) is 17.0. The zero-order chi connectivity index (χ0) is 20.3. The maximum atomic E-state index is 9.25. The third-order valence-corrected chi connectivity index (χ3v) is 6.03. The summed E-state index contributed by atoms with van der Waals surface area (Å²) in [4.78, 5) is 15.2. The second-order valence-corrected chi connectivity index (χ2v) is 8.16. The Kier molecular flexibility index (Phi) is 5.30. The Morgan fingerprint density at radius 3 is 2.77 bits per heavy atom. The number of piperidine rings is 1. The first-order valence-electron chi connectivity index (χ1n) is 10.6. The highest BCUT2D eigenvalue weighted by Gasteiger charge is 2.23. The maximum absolute atomic E-state index is 9.25. The van der Waals surface area contributed by atoms with Crippen molar-refractivity contribution in [3.8, 4) is 11.3 Å². The highest BCUT2D eigenvalue weighted by molar-refractivity contribution is 5.79. The summed E-state index contributed by atoms with van der Waals surface area (Å²) in [6.07, 6.45) is 8.06. The summed E-state index contributed by atoms with van der Waals surface area (Å²) < 4.78 is 0. The zero-order valence-electron chi connectivity index (χ0n) is 17.0. The molecule has 0 aliphatic carbocycles. The Labute approximate surface area is 176 Å². The van der Waals surface area contributed by atoms with Crippen molar-refractivity contribution in [1.29, 1.82) is 0 Å². The van der Waals surface area contributed by atoms with Gasteiger partial charge in [-0.25, -0.2) is 4.98 Å². The van der Waals surface area contributed by atoms with Gasteiger partial charge in [0.15, 0.2) is 0 Å². The molecule has 0 spiro atoms. The van der Waals surface area contributed by atoms with Gasteiger partial charge in [0.25, 0.3) is 0 Å². The molecule has 152 valence electrons. The fourth-order valence-electron chi connectivity index (χ4n) is 4.40. The normalized spacial score (nSPS) is 17.4. The summed E-state index contributed by atoms with van der Waals surface area (Å²) in [5, 5.41) is 10.5. The lowest BCUT2D eigenvalue weighted by atomic mass is 9.94. The number of likely N-dealkylation sites (tertiary alicyclic amines) is 1. The number of hydrogen-bond acceptors (Lipinski definition) is 4. The van der Waals surface area contributed by atoms with Crippen LogP contribution in [0.15, 0.2) is 67.1 Å². The smallest absolute Gasteiger partial charge is 0.0888 e. The van der Waals surface area contributed by atoms with Gasteiger partial charge in [-0.3, -0.25) is 9.88 Å². The number of aromatic nitrogens is 3. The van der Waals surface area contributed by atoms with Gasteiger partial charge in [0.05, 0.1) is 24.2 Å². The van der Waals surface area contributed by atoms with Crippen molar-refractivity contribution in [1.82, 2.24) is 19.9 Å². The molecule has 5 heteroatoms. The van der Waals surface area contributed by atoms with Crippen LogP contribution < -0.4 is 0 Å². The SMILES string of the molecule is OCc1ccc(-c2cncc([C@H]3CCCN(Cc4ccc5[nH]ccc5c4)C3)n2)cc1. The van der Waals surface area contributed by atoms with Gasteiger partial charge in [-0.15, -0.1) is 0 Å². The molecule has 5 nitrogen and oxygen atoms in total. The first-order chi connectivity index (χ1) is 14.8. The number of H-pyrrole nitrogens is 1. The van der Waals surface area contributed by atoms with E-state index in [0.29, 0.717) is 5.92 Å². The van der Waals surface area contributed by atoms with Crippen LogP contribution in [0.5, 0.6) is 0 Å². The number of aromatic amines is 1. The molecule has 3 heterocycles. The van der Waals surface area contributed by atoms with Gasteiger partial charge in [0.1, 0.15) is 0 Å². The van der Waals surface area contributed by atoms with Gasteiger partial charge in [-0.2, -0.15) is 0 Å². The molecule has 30 heavy (non-hydrogen) atoms. The number of aliphatic hydroxyl groups excluding tert-OH is 1. The highest BCUT2D eigenvalue weighted by Crippen LogP contribution is 2.28. The molecule has 5 rings (SSSR count). The quantitative estimate of drug-likeness (QED) is 0.520. The number of aliphatic hydroxyl groups is 1. The van der Waals surface area contributed by atoms with E-state index in [2.05, 4.69) is 39.1 Å². The predicted octanol–water partition coefficient (Wildman–Crippen LogP) is 4.50. The van der Waals surface area contributed by atoms with E-state index >= 15 is 0 Å². The minimum absolute atomic E-state index is 0.0565. The van der Waals surface area contributed by atoms with E-state index in [-0.39, 0.29) is 6.61 Å². The molecule has 4 aromatic rings. The van der Waals surface area contributed by atoms with Crippen LogP contribution in [0.4, 0.5) is 0 Å². The number of fused-ring (bicyclic) bond motifs is 1. The predicted molar refractivity (Wildman–Crippen MR) is 119 cm³/mol. The summed E-state index contributed by atoms with van der Waals surface area (Å²) >= 11 is 0. The van der Waals surface area contributed by atoms with Gasteiger partial charge in [-0.1, -0.05) is 30.3 Å². The van der Waals surface area contributed by atoms with Crippen molar-refractivity contribution in [2.45, 2.75) is 31.9 Å². The van der Waals surface area contributed by atoms with Gasteiger partial charge in [0.2, 0.25) is 0 Å². The molecule has 0 radical (unpaired) electrons. The number of nitrogens with one attached hydrogen (secondary N) is 1. The molecule has 0 amide bonds. The molecule has 1 aliphatic heterocycles. The number of hydrogen-bond donors (Lipinski definition) is 2. The number of rotatable bonds is 5. The number of nitrogens with zero attached hydrogens (tertiary/aromatic N) is 3. The summed E-state index contributed by atoms with van der Waals surface area (Å²) in [5.41, 5.74) is 6.45. The lowest BCUT2D eigenvalue weighted by Gasteiger charge is -2.32. The van der Waals surface area contributed by atoms with Crippen LogP contribution in [0.3, 0.4) is 0 Å². The van der Waals surface area contributed by atoms with E-state index in [1.807, 2.05) is 42.9 Å². The fourth-order valence-corrected chi connectivity index (χ4v) is 4.40. The first-order valence-corrected chi connectivity index (χ1v) is 10.6. The largest absolute Gasteiger partial charge is 0.392 e. The third kappa shape index (κ3) is 3.99. The van der Waals surface area contributed by atoms with Crippen LogP contribution in [0, 0.1) is 0 Å². The van der Waals surface area contributed by atoms with Crippen molar-refractivity contribution in [3.05, 3.63) is 83.9 Å². The van der Waals surface area contributed by atoms with Crippen molar-refractivity contribution in [3.63, 3.8) is 0 Å².